The highest BCUT2D eigenvalue weighted by atomic mass is 32.2. The number of amides is 1. The van der Waals surface area contributed by atoms with Crippen LogP contribution in [0.1, 0.15) is 17.5 Å². The summed E-state index contributed by atoms with van der Waals surface area (Å²) in [5, 5.41) is 2.80. The number of aryl methyl sites for hydroxylation is 1. The Kier molecular flexibility index (Phi) is 9.67. The Labute approximate surface area is 194 Å². The second kappa shape index (κ2) is 12.0. The van der Waals surface area contributed by atoms with Gasteiger partial charge in [0.05, 0.1) is 26.2 Å². The van der Waals surface area contributed by atoms with Crippen molar-refractivity contribution < 1.29 is 27.4 Å². The zero-order valence-electron chi connectivity index (χ0n) is 18.9. The molecule has 32 heavy (non-hydrogen) atoms. The van der Waals surface area contributed by atoms with Gasteiger partial charge >= 0.3 is 0 Å². The minimum atomic E-state index is -3.84. The zero-order valence-corrected chi connectivity index (χ0v) is 20.6. The fraction of sp³-hybridized carbons (Fsp3) is 0.409. The molecule has 0 fully saturated rings. The predicted molar refractivity (Wildman–Crippen MR) is 126 cm³/mol. The Bertz CT molecular complexity index is 985. The first-order valence-corrected chi connectivity index (χ1v) is 12.8. The Morgan fingerprint density at radius 1 is 1.03 bits per heavy atom. The molecule has 8 nitrogen and oxygen atoms in total. The van der Waals surface area contributed by atoms with Crippen LogP contribution in [0.3, 0.4) is 0 Å². The minimum Gasteiger partial charge on any atom is -0.493 e. The summed E-state index contributed by atoms with van der Waals surface area (Å²) in [5.41, 5.74) is 1.67. The van der Waals surface area contributed by atoms with Gasteiger partial charge < -0.3 is 19.5 Å². The molecule has 2 aromatic carbocycles. The summed E-state index contributed by atoms with van der Waals surface area (Å²) >= 11 is 1.54. The minimum absolute atomic E-state index is 0.120. The number of nitrogens with one attached hydrogen (secondary N) is 2. The van der Waals surface area contributed by atoms with Crippen LogP contribution in [0.2, 0.25) is 0 Å². The van der Waals surface area contributed by atoms with Gasteiger partial charge in [0.15, 0.2) is 11.5 Å². The molecule has 0 radical (unpaired) electrons. The van der Waals surface area contributed by atoms with E-state index in [0.717, 1.165) is 11.1 Å². The van der Waals surface area contributed by atoms with Crippen LogP contribution in [-0.4, -0.2) is 53.7 Å². The Hall–Kier alpha value is -2.43. The van der Waals surface area contributed by atoms with Gasteiger partial charge in [0.25, 0.3) is 0 Å². The molecule has 176 valence electrons. The van der Waals surface area contributed by atoms with Gasteiger partial charge in [-0.3, -0.25) is 4.79 Å². The summed E-state index contributed by atoms with van der Waals surface area (Å²) in [6, 6.07) is 9.04. The Balaban J connectivity index is 2.17. The number of hydrogen-bond acceptors (Lipinski definition) is 7. The number of benzene rings is 2. The van der Waals surface area contributed by atoms with Crippen molar-refractivity contribution in [2.24, 2.45) is 0 Å². The number of sulfonamides is 1. The lowest BCUT2D eigenvalue weighted by atomic mass is 10.1. The van der Waals surface area contributed by atoms with E-state index in [0.29, 0.717) is 29.4 Å². The smallest absolute Gasteiger partial charge is 0.241 e. The number of carbonyl (C=O) groups is 1. The van der Waals surface area contributed by atoms with Crippen LogP contribution >= 0.6 is 11.8 Å². The summed E-state index contributed by atoms with van der Waals surface area (Å²) in [6.45, 7) is 2.04. The average molecular weight is 483 g/mol. The zero-order chi connectivity index (χ0) is 23.7. The second-order valence-corrected chi connectivity index (χ2v) is 9.72. The molecule has 0 bridgehead atoms. The summed E-state index contributed by atoms with van der Waals surface area (Å²) in [5.74, 6) is 1.60. The van der Waals surface area contributed by atoms with Crippen molar-refractivity contribution in [3.63, 3.8) is 0 Å². The molecular formula is C22H30N2O6S2. The molecule has 0 aromatic heterocycles. The molecule has 0 aliphatic heterocycles. The highest BCUT2D eigenvalue weighted by molar-refractivity contribution is 7.98. The van der Waals surface area contributed by atoms with Crippen LogP contribution in [0.5, 0.6) is 17.2 Å². The van der Waals surface area contributed by atoms with E-state index in [4.69, 9.17) is 14.2 Å². The lowest BCUT2D eigenvalue weighted by Crippen LogP contribution is -2.46. The molecular weight excluding hydrogens is 452 g/mol. The third kappa shape index (κ3) is 6.78. The standard InChI is InChI=1S/C22H30N2O6S2/c1-15-6-8-17(9-7-15)32(26,27)24-18(10-11-31-5)22(25)23-14-16-12-19(28-2)21(30-4)20(13-16)29-3/h6-9,12-13,18,24H,10-11,14H2,1-5H3,(H,23,25). The van der Waals surface area contributed by atoms with Gasteiger partial charge in [0.2, 0.25) is 21.7 Å². The maximum Gasteiger partial charge on any atom is 0.241 e. The fourth-order valence-electron chi connectivity index (χ4n) is 3.00. The quantitative estimate of drug-likeness (QED) is 0.479. The van der Waals surface area contributed by atoms with Crippen LogP contribution < -0.4 is 24.2 Å². The van der Waals surface area contributed by atoms with E-state index >= 15 is 0 Å². The molecule has 1 amide bonds. The lowest BCUT2D eigenvalue weighted by Gasteiger charge is -2.19. The van der Waals surface area contributed by atoms with Gasteiger partial charge in [0, 0.05) is 6.54 Å². The molecule has 2 N–H and O–H groups in total. The van der Waals surface area contributed by atoms with E-state index in [9.17, 15) is 13.2 Å². The van der Waals surface area contributed by atoms with Crippen molar-refractivity contribution in [1.29, 1.82) is 0 Å². The SMILES string of the molecule is COc1cc(CNC(=O)C(CCSC)NS(=O)(=O)c2ccc(C)cc2)cc(OC)c1OC. The van der Waals surface area contributed by atoms with Crippen LogP contribution in [0, 0.1) is 6.92 Å². The van der Waals surface area contributed by atoms with Crippen molar-refractivity contribution in [1.82, 2.24) is 10.0 Å². The van der Waals surface area contributed by atoms with Crippen molar-refractivity contribution in [2.45, 2.75) is 30.8 Å². The predicted octanol–water partition coefficient (Wildman–Crippen LogP) is 2.74. The van der Waals surface area contributed by atoms with Gasteiger partial charge in [-0.1, -0.05) is 17.7 Å². The maximum atomic E-state index is 12.9. The average Bonchev–Trinajstić information content (AvgIpc) is 2.79. The number of methoxy groups -OCH3 is 3. The van der Waals surface area contributed by atoms with Gasteiger partial charge in [-0.15, -0.1) is 0 Å². The van der Waals surface area contributed by atoms with E-state index in [1.54, 1.807) is 24.3 Å². The molecule has 0 aliphatic rings. The molecule has 0 saturated carbocycles. The van der Waals surface area contributed by atoms with Crippen molar-refractivity contribution in [3.05, 3.63) is 47.5 Å². The second-order valence-electron chi connectivity index (χ2n) is 7.02. The van der Waals surface area contributed by atoms with Crippen molar-refractivity contribution in [3.8, 4) is 17.2 Å². The highest BCUT2D eigenvalue weighted by Crippen LogP contribution is 2.38. The van der Waals surface area contributed by atoms with Crippen molar-refractivity contribution >= 4 is 27.7 Å². The molecule has 0 heterocycles. The molecule has 0 aliphatic carbocycles. The van der Waals surface area contributed by atoms with Gasteiger partial charge in [0.1, 0.15) is 6.04 Å². The van der Waals surface area contributed by atoms with E-state index in [-0.39, 0.29) is 11.4 Å². The van der Waals surface area contributed by atoms with Gasteiger partial charge in [-0.2, -0.15) is 16.5 Å². The molecule has 0 saturated heterocycles. The molecule has 0 spiro atoms. The van der Waals surface area contributed by atoms with Gasteiger partial charge in [-0.25, -0.2) is 8.42 Å². The van der Waals surface area contributed by atoms with Crippen molar-refractivity contribution in [2.75, 3.05) is 33.3 Å². The molecule has 2 rings (SSSR count). The van der Waals surface area contributed by atoms with Crippen LogP contribution in [0.25, 0.3) is 0 Å². The Morgan fingerprint density at radius 3 is 2.12 bits per heavy atom. The summed E-state index contributed by atoms with van der Waals surface area (Å²) in [6.07, 6.45) is 2.26. The largest absolute Gasteiger partial charge is 0.493 e. The number of hydrogen-bond donors (Lipinski definition) is 2. The highest BCUT2D eigenvalue weighted by Gasteiger charge is 2.25. The summed E-state index contributed by atoms with van der Waals surface area (Å²) < 4.78 is 44.1. The van der Waals surface area contributed by atoms with E-state index in [1.165, 1.54) is 45.2 Å². The first kappa shape index (κ1) is 25.8. The third-order valence-corrected chi connectivity index (χ3v) is 6.88. The van der Waals surface area contributed by atoms with Gasteiger partial charge in [-0.05, 0) is 55.2 Å². The first-order valence-electron chi connectivity index (χ1n) is 9.90. The first-order chi connectivity index (χ1) is 15.2. The number of rotatable bonds is 12. The Morgan fingerprint density at radius 2 is 1.62 bits per heavy atom. The van der Waals surface area contributed by atoms with Crippen LogP contribution in [0.15, 0.2) is 41.3 Å². The number of carbonyl (C=O) groups excluding carboxylic acids is 1. The topological polar surface area (TPSA) is 103 Å². The third-order valence-electron chi connectivity index (χ3n) is 4.75. The molecule has 1 unspecified atom stereocenters. The molecule has 1 atom stereocenters. The summed E-state index contributed by atoms with van der Waals surface area (Å²) in [7, 11) is 0.694. The van der Waals surface area contributed by atoms with Crippen LogP contribution in [0.4, 0.5) is 0 Å². The monoisotopic (exact) mass is 482 g/mol. The number of ether oxygens (including phenoxy) is 3. The van der Waals surface area contributed by atoms with E-state index in [2.05, 4.69) is 10.0 Å². The van der Waals surface area contributed by atoms with E-state index < -0.39 is 22.0 Å². The normalized spacial score (nSPS) is 12.2. The summed E-state index contributed by atoms with van der Waals surface area (Å²) in [4.78, 5) is 13.0. The van der Waals surface area contributed by atoms with E-state index in [1.807, 2.05) is 13.2 Å². The fourth-order valence-corrected chi connectivity index (χ4v) is 4.70. The molecule has 2 aromatic rings. The number of thioether (sulfide) groups is 1. The lowest BCUT2D eigenvalue weighted by molar-refractivity contribution is -0.122. The molecule has 10 heteroatoms. The van der Waals surface area contributed by atoms with Crippen LogP contribution in [-0.2, 0) is 21.4 Å². The maximum absolute atomic E-state index is 12.9.